The lowest BCUT2D eigenvalue weighted by atomic mass is 9.89. The normalized spacial score (nSPS) is 12.1. The third kappa shape index (κ3) is 5.35. The second-order valence-corrected chi connectivity index (χ2v) is 17.3. The van der Waals surface area contributed by atoms with Gasteiger partial charge in [-0.1, -0.05) is 127 Å². The molecule has 5 aromatic heterocycles. The van der Waals surface area contributed by atoms with Crippen LogP contribution in [-0.2, 0) is 0 Å². The number of aromatic nitrogens is 3. The molecule has 0 amide bonds. The van der Waals surface area contributed by atoms with E-state index in [0.717, 1.165) is 105 Å². The van der Waals surface area contributed by atoms with Crippen molar-refractivity contribution in [3.63, 3.8) is 0 Å². The van der Waals surface area contributed by atoms with Crippen LogP contribution in [0.2, 0.25) is 0 Å². The van der Waals surface area contributed by atoms with E-state index in [1.54, 1.807) is 0 Å². The van der Waals surface area contributed by atoms with Crippen molar-refractivity contribution in [2.45, 2.75) is 0 Å². The Bertz CT molecular complexity index is 4210. The van der Waals surface area contributed by atoms with Gasteiger partial charge in [-0.15, -0.1) is 11.3 Å². The molecule has 5 heterocycles. The zero-order chi connectivity index (χ0) is 41.9. The predicted molar refractivity (Wildman–Crippen MR) is 262 cm³/mol. The highest BCUT2D eigenvalue weighted by Crippen LogP contribution is 2.47. The third-order valence-corrected chi connectivity index (χ3v) is 13.7. The molecular formula is C57H31N3O3S. The van der Waals surface area contributed by atoms with Crippen molar-refractivity contribution in [2.24, 2.45) is 0 Å². The van der Waals surface area contributed by atoms with E-state index in [1.165, 1.54) is 20.2 Å². The summed E-state index contributed by atoms with van der Waals surface area (Å²) in [5.41, 5.74) is 11.8. The monoisotopic (exact) mass is 837 g/mol. The zero-order valence-corrected chi connectivity index (χ0v) is 34.7. The number of furan rings is 3. The van der Waals surface area contributed by atoms with Crippen molar-refractivity contribution >= 4 is 97.3 Å². The maximum absolute atomic E-state index is 6.65. The van der Waals surface area contributed by atoms with Crippen LogP contribution in [0.1, 0.15) is 0 Å². The van der Waals surface area contributed by atoms with Gasteiger partial charge in [-0.05, 0) is 77.4 Å². The Morgan fingerprint density at radius 1 is 0.297 bits per heavy atom. The largest absolute Gasteiger partial charge is 0.456 e. The van der Waals surface area contributed by atoms with E-state index in [4.69, 9.17) is 28.2 Å². The lowest BCUT2D eigenvalue weighted by Crippen LogP contribution is -2.00. The molecule has 0 unspecified atom stereocenters. The molecule has 0 saturated carbocycles. The number of rotatable bonds is 5. The molecule has 0 fully saturated rings. The van der Waals surface area contributed by atoms with Gasteiger partial charge in [-0.25, -0.2) is 15.0 Å². The molecule has 298 valence electrons. The van der Waals surface area contributed by atoms with Gasteiger partial charge in [0.05, 0.1) is 0 Å². The van der Waals surface area contributed by atoms with E-state index < -0.39 is 0 Å². The average Bonchev–Trinajstić information content (AvgIpc) is 4.13. The Hall–Kier alpha value is -8.39. The smallest absolute Gasteiger partial charge is 0.164 e. The highest BCUT2D eigenvalue weighted by atomic mass is 32.1. The molecule has 0 aliphatic rings. The van der Waals surface area contributed by atoms with Gasteiger partial charge in [-0.3, -0.25) is 0 Å². The summed E-state index contributed by atoms with van der Waals surface area (Å²) in [5, 5.41) is 8.72. The molecule has 0 N–H and O–H groups in total. The number of para-hydroxylation sites is 2. The molecule has 0 aliphatic heterocycles. The molecule has 14 aromatic rings. The minimum absolute atomic E-state index is 0.549. The van der Waals surface area contributed by atoms with E-state index >= 15 is 0 Å². The van der Waals surface area contributed by atoms with Gasteiger partial charge < -0.3 is 13.3 Å². The van der Waals surface area contributed by atoms with Gasteiger partial charge in [0.2, 0.25) is 0 Å². The Morgan fingerprint density at radius 3 is 1.77 bits per heavy atom. The van der Waals surface area contributed by atoms with E-state index in [9.17, 15) is 0 Å². The van der Waals surface area contributed by atoms with E-state index in [1.807, 2.05) is 90.2 Å². The fourth-order valence-corrected chi connectivity index (χ4v) is 10.8. The Kier molecular flexibility index (Phi) is 7.46. The molecule has 6 nitrogen and oxygen atoms in total. The first-order valence-corrected chi connectivity index (χ1v) is 22.1. The second kappa shape index (κ2) is 13.6. The maximum Gasteiger partial charge on any atom is 0.164 e. The van der Waals surface area contributed by atoms with Crippen LogP contribution in [0.5, 0.6) is 0 Å². The Morgan fingerprint density at radius 2 is 0.891 bits per heavy atom. The van der Waals surface area contributed by atoms with E-state index in [-0.39, 0.29) is 0 Å². The van der Waals surface area contributed by atoms with Crippen LogP contribution in [0.3, 0.4) is 0 Å². The second-order valence-electron chi connectivity index (χ2n) is 16.2. The minimum Gasteiger partial charge on any atom is -0.456 e. The summed E-state index contributed by atoms with van der Waals surface area (Å²) in [6.07, 6.45) is 0. The van der Waals surface area contributed by atoms with Gasteiger partial charge in [0, 0.05) is 74.7 Å². The van der Waals surface area contributed by atoms with Gasteiger partial charge in [0.25, 0.3) is 0 Å². The molecule has 0 aliphatic carbocycles. The molecule has 0 radical (unpaired) electrons. The fourth-order valence-electron chi connectivity index (χ4n) is 9.63. The summed E-state index contributed by atoms with van der Waals surface area (Å²) in [6, 6.07) is 65.1. The first-order chi connectivity index (χ1) is 31.7. The summed E-state index contributed by atoms with van der Waals surface area (Å²) in [4.78, 5) is 15.5. The molecule has 0 spiro atoms. The van der Waals surface area contributed by atoms with Crippen LogP contribution >= 0.6 is 11.3 Å². The summed E-state index contributed by atoms with van der Waals surface area (Å²) < 4.78 is 22.0. The van der Waals surface area contributed by atoms with Gasteiger partial charge in [-0.2, -0.15) is 0 Å². The highest BCUT2D eigenvalue weighted by molar-refractivity contribution is 7.25. The number of hydrogen-bond acceptors (Lipinski definition) is 7. The van der Waals surface area contributed by atoms with Crippen LogP contribution in [0.15, 0.2) is 201 Å². The summed E-state index contributed by atoms with van der Waals surface area (Å²) in [5.74, 6) is 1.68. The number of hydrogen-bond donors (Lipinski definition) is 0. The molecule has 9 aromatic carbocycles. The minimum atomic E-state index is 0.549. The molecule has 64 heavy (non-hydrogen) atoms. The van der Waals surface area contributed by atoms with Gasteiger partial charge in [0.1, 0.15) is 33.5 Å². The van der Waals surface area contributed by atoms with E-state index in [2.05, 4.69) is 109 Å². The number of fused-ring (bicyclic) bond motifs is 12. The number of thiophene rings is 1. The molecular weight excluding hydrogens is 807 g/mol. The first kappa shape index (κ1) is 35.2. The van der Waals surface area contributed by atoms with Crippen molar-refractivity contribution in [1.29, 1.82) is 0 Å². The Labute approximate surface area is 368 Å². The van der Waals surface area contributed by atoms with Crippen LogP contribution in [-0.4, -0.2) is 15.0 Å². The summed E-state index contributed by atoms with van der Waals surface area (Å²) in [7, 11) is 0. The summed E-state index contributed by atoms with van der Waals surface area (Å²) in [6.45, 7) is 0. The van der Waals surface area contributed by atoms with Gasteiger partial charge in [0.15, 0.2) is 17.5 Å². The van der Waals surface area contributed by atoms with Crippen molar-refractivity contribution in [3.05, 3.63) is 188 Å². The van der Waals surface area contributed by atoms with Crippen molar-refractivity contribution < 1.29 is 13.3 Å². The summed E-state index contributed by atoms with van der Waals surface area (Å²) >= 11 is 1.83. The van der Waals surface area contributed by atoms with E-state index in [0.29, 0.717) is 17.5 Å². The first-order valence-electron chi connectivity index (χ1n) is 21.2. The molecule has 0 saturated heterocycles. The quantitative estimate of drug-likeness (QED) is 0.172. The van der Waals surface area contributed by atoms with Crippen molar-refractivity contribution in [3.8, 4) is 56.4 Å². The van der Waals surface area contributed by atoms with Crippen molar-refractivity contribution in [1.82, 2.24) is 15.0 Å². The van der Waals surface area contributed by atoms with Crippen LogP contribution in [0.4, 0.5) is 0 Å². The SMILES string of the molecule is c1ccc(-c2nc(-c3ccc4c(c3)oc3ccccc34)nc(-c3cccc4oc5ccc(-c6c(-c7ccc8c(c7)sc7ccccc78)ccc7oc8ccccc8c67)cc5c34)n2)cc1. The standard InChI is InChI=1S/C57H31N3O3S/c1-2-11-32(12-3-1)55-58-56(35-22-24-38-37-13-4-7-17-44(37)63-49(38)30-35)60-57(59-55)42-16-10-19-47-53(42)43-29-34(23-27-46(43)62-47)52-36(26-28-48-54(52)41-15-5-8-18-45(41)61-48)33-21-25-40-39-14-6-9-20-50(39)64-51(40)31-33/h1-31H. The zero-order valence-electron chi connectivity index (χ0n) is 33.9. The molecule has 0 atom stereocenters. The topological polar surface area (TPSA) is 78.1 Å². The van der Waals surface area contributed by atoms with Crippen LogP contribution in [0.25, 0.3) is 142 Å². The lowest BCUT2D eigenvalue weighted by Gasteiger charge is -2.13. The molecule has 7 heteroatoms. The number of benzene rings is 9. The third-order valence-electron chi connectivity index (χ3n) is 12.6. The predicted octanol–water partition coefficient (Wildman–Crippen LogP) is 16.3. The maximum atomic E-state index is 6.65. The molecule has 14 rings (SSSR count). The van der Waals surface area contributed by atoms with Gasteiger partial charge >= 0.3 is 0 Å². The number of nitrogens with zero attached hydrogens (tertiary/aromatic N) is 3. The van der Waals surface area contributed by atoms with Crippen LogP contribution in [0, 0.1) is 0 Å². The lowest BCUT2D eigenvalue weighted by molar-refractivity contribution is 0.668. The molecule has 0 bridgehead atoms. The average molecular weight is 838 g/mol. The fraction of sp³-hybridized carbons (Fsp3) is 0. The highest BCUT2D eigenvalue weighted by Gasteiger charge is 2.22. The van der Waals surface area contributed by atoms with Crippen LogP contribution < -0.4 is 0 Å². The van der Waals surface area contributed by atoms with Crippen molar-refractivity contribution in [2.75, 3.05) is 0 Å². The Balaban J connectivity index is 0.994.